The summed E-state index contributed by atoms with van der Waals surface area (Å²) in [6.07, 6.45) is -1.22. The number of ether oxygens (including phenoxy) is 1. The van der Waals surface area contributed by atoms with Crippen molar-refractivity contribution < 1.29 is 73.9 Å². The number of hydrogen-bond donors (Lipinski definition) is 0. The third-order valence-electron chi connectivity index (χ3n) is 4.18. The largest absolute Gasteiger partial charge is 1.00 e. The fourth-order valence-electron chi connectivity index (χ4n) is 2.84. The molecule has 0 bridgehead atoms. The number of piperazine rings is 1. The van der Waals surface area contributed by atoms with Crippen molar-refractivity contribution in [2.75, 3.05) is 31.1 Å². The average molecular weight is 522 g/mol. The van der Waals surface area contributed by atoms with E-state index < -0.39 is 18.9 Å². The van der Waals surface area contributed by atoms with E-state index in [0.29, 0.717) is 37.3 Å². The number of anilines is 1. The Balaban J connectivity index is 0.00000364. The van der Waals surface area contributed by atoms with Gasteiger partial charge in [-0.05, 0) is 68.0 Å². The molecule has 0 unspecified atom stereocenters. The molecule has 1 aromatic rings. The fraction of sp³-hybridized carbons (Fsp3) is 0.588. The molecule has 2 rings (SSSR count). The third kappa shape index (κ3) is 8.04. The summed E-state index contributed by atoms with van der Waals surface area (Å²) in [5.74, 6) is 0. The maximum Gasteiger partial charge on any atom is 1.00 e. The number of benzene rings is 1. The van der Waals surface area contributed by atoms with Crippen LogP contribution in [0.4, 0.5) is 23.4 Å². The van der Waals surface area contributed by atoms with Gasteiger partial charge in [-0.1, -0.05) is 11.9 Å². The Morgan fingerprint density at radius 3 is 2.22 bits per heavy atom. The normalized spacial score (nSPS) is 15.4. The number of amides is 1. The SMILES string of the molecule is Cc1c(I)cc(N2CCN(C(=O)OC(C)(C)C)CC2)cc1C[B-](F)(F)F.[K+]. The molecule has 146 valence electrons. The van der Waals surface area contributed by atoms with Crippen molar-refractivity contribution in [2.45, 2.75) is 39.6 Å². The van der Waals surface area contributed by atoms with Gasteiger partial charge in [-0.15, -0.1) is 0 Å². The summed E-state index contributed by atoms with van der Waals surface area (Å²) < 4.78 is 44.9. The van der Waals surface area contributed by atoms with Crippen LogP contribution in [0.25, 0.3) is 0 Å². The van der Waals surface area contributed by atoms with Crippen LogP contribution in [-0.2, 0) is 11.1 Å². The van der Waals surface area contributed by atoms with Gasteiger partial charge in [-0.25, -0.2) is 4.79 Å². The second-order valence-corrected chi connectivity index (χ2v) is 8.74. The molecule has 0 aliphatic carbocycles. The topological polar surface area (TPSA) is 32.8 Å². The summed E-state index contributed by atoms with van der Waals surface area (Å²) >= 11 is 2.08. The molecule has 1 heterocycles. The van der Waals surface area contributed by atoms with Crippen molar-refractivity contribution in [1.82, 2.24) is 4.90 Å². The predicted octanol–water partition coefficient (Wildman–Crippen LogP) is 1.59. The summed E-state index contributed by atoms with van der Waals surface area (Å²) in [4.78, 5) is 15.8. The Kier molecular flexibility index (Phi) is 9.47. The van der Waals surface area contributed by atoms with Gasteiger partial charge in [0.2, 0.25) is 0 Å². The van der Waals surface area contributed by atoms with Crippen LogP contribution in [0, 0.1) is 10.5 Å². The molecule has 0 atom stereocenters. The van der Waals surface area contributed by atoms with Crippen LogP contribution >= 0.6 is 22.6 Å². The minimum Gasteiger partial charge on any atom is -0.449 e. The Morgan fingerprint density at radius 1 is 1.19 bits per heavy atom. The summed E-state index contributed by atoms with van der Waals surface area (Å²) in [6.45, 7) is 4.40. The fourth-order valence-corrected chi connectivity index (χ4v) is 3.50. The van der Waals surface area contributed by atoms with Crippen molar-refractivity contribution in [1.29, 1.82) is 0 Å². The summed E-state index contributed by atoms with van der Waals surface area (Å²) in [5, 5.41) is 0. The minimum atomic E-state index is -4.88. The van der Waals surface area contributed by atoms with Crippen LogP contribution in [0.2, 0.25) is 0 Å². The van der Waals surface area contributed by atoms with Crippen LogP contribution in [-0.4, -0.2) is 49.8 Å². The molecule has 0 saturated carbocycles. The van der Waals surface area contributed by atoms with Crippen molar-refractivity contribution in [3.8, 4) is 0 Å². The molecule has 0 aromatic heterocycles. The van der Waals surface area contributed by atoms with Crippen LogP contribution in [0.1, 0.15) is 31.9 Å². The van der Waals surface area contributed by atoms with E-state index in [1.807, 2.05) is 31.7 Å². The molecule has 0 radical (unpaired) electrons. The zero-order valence-electron chi connectivity index (χ0n) is 16.5. The first kappa shape index (κ1) is 25.5. The summed E-state index contributed by atoms with van der Waals surface area (Å²) in [7, 11) is 0. The van der Waals surface area contributed by atoms with Gasteiger partial charge in [-0.2, -0.15) is 0 Å². The van der Waals surface area contributed by atoms with Crippen molar-refractivity contribution in [2.24, 2.45) is 0 Å². The first-order valence-electron chi connectivity index (χ1n) is 8.58. The number of hydrogen-bond acceptors (Lipinski definition) is 3. The molecule has 4 nitrogen and oxygen atoms in total. The van der Waals surface area contributed by atoms with Crippen molar-refractivity contribution in [3.63, 3.8) is 0 Å². The minimum absolute atomic E-state index is 0. The molecule has 1 fully saturated rings. The first-order valence-corrected chi connectivity index (χ1v) is 9.66. The standard InChI is InChI=1S/C17H24BF3IN2O2.K/c1-12-13(11-18(19,20)21)9-14(10-15(12)22)23-5-7-24(8-6-23)16(25)26-17(2,3)4;/h9-10H,5-8,11H2,1-4H3;/q-1;+1. The molecular formula is C17H24BF3IKN2O2. The van der Waals surface area contributed by atoms with E-state index in [4.69, 9.17) is 4.74 Å². The summed E-state index contributed by atoms with van der Waals surface area (Å²) in [6, 6.07) is 3.54. The van der Waals surface area contributed by atoms with Gasteiger partial charge in [-0.3, -0.25) is 0 Å². The molecule has 1 aliphatic heterocycles. The molecular weight excluding hydrogens is 498 g/mol. The van der Waals surface area contributed by atoms with Crippen molar-refractivity contribution in [3.05, 3.63) is 26.8 Å². The molecule has 10 heteroatoms. The van der Waals surface area contributed by atoms with Crippen LogP contribution in [0.15, 0.2) is 12.1 Å². The van der Waals surface area contributed by atoms with Crippen molar-refractivity contribution >= 4 is 41.3 Å². The molecule has 27 heavy (non-hydrogen) atoms. The van der Waals surface area contributed by atoms with Gasteiger partial charge in [0, 0.05) is 35.4 Å². The van der Waals surface area contributed by atoms with Gasteiger partial charge >= 0.3 is 64.5 Å². The van der Waals surface area contributed by atoms with Crippen LogP contribution in [0.5, 0.6) is 0 Å². The Bertz CT molecular complexity index is 675. The van der Waals surface area contributed by atoms with Gasteiger partial charge in [0.25, 0.3) is 0 Å². The zero-order valence-corrected chi connectivity index (χ0v) is 21.8. The van der Waals surface area contributed by atoms with E-state index in [9.17, 15) is 17.7 Å². The molecule has 1 aliphatic rings. The quantitative estimate of drug-likeness (QED) is 0.447. The average Bonchev–Trinajstić information content (AvgIpc) is 2.49. The smallest absolute Gasteiger partial charge is 0.449 e. The Morgan fingerprint density at radius 2 is 1.74 bits per heavy atom. The van der Waals surface area contributed by atoms with E-state index in [0.717, 1.165) is 9.26 Å². The maximum atomic E-state index is 12.9. The third-order valence-corrected chi connectivity index (χ3v) is 5.30. The molecule has 0 spiro atoms. The van der Waals surface area contributed by atoms with Gasteiger partial charge < -0.3 is 27.5 Å². The van der Waals surface area contributed by atoms with E-state index >= 15 is 0 Å². The maximum absolute atomic E-state index is 12.9. The van der Waals surface area contributed by atoms with E-state index in [2.05, 4.69) is 22.6 Å². The zero-order chi connectivity index (χ0) is 19.7. The monoisotopic (exact) mass is 522 g/mol. The second-order valence-electron chi connectivity index (χ2n) is 7.58. The molecule has 0 N–H and O–H groups in total. The molecule has 1 saturated heterocycles. The Hall–Kier alpha value is 0.511. The number of nitrogens with zero attached hydrogens (tertiary/aromatic N) is 2. The molecule has 1 amide bonds. The molecule has 1 aromatic carbocycles. The number of halogens is 4. The van der Waals surface area contributed by atoms with Crippen LogP contribution < -0.4 is 56.3 Å². The van der Waals surface area contributed by atoms with E-state index in [1.54, 1.807) is 17.9 Å². The van der Waals surface area contributed by atoms with Gasteiger partial charge in [0.1, 0.15) is 5.60 Å². The van der Waals surface area contributed by atoms with E-state index in [1.165, 1.54) is 0 Å². The predicted molar refractivity (Wildman–Crippen MR) is 107 cm³/mol. The summed E-state index contributed by atoms with van der Waals surface area (Å²) in [5.41, 5.74) is 1.24. The number of rotatable bonds is 3. The van der Waals surface area contributed by atoms with E-state index in [-0.39, 0.29) is 57.5 Å². The van der Waals surface area contributed by atoms with Gasteiger partial charge in [0.15, 0.2) is 0 Å². The number of carbonyl (C=O) groups is 1. The Labute approximate surface area is 215 Å². The number of carbonyl (C=O) groups excluding carboxylic acids is 1. The second kappa shape index (κ2) is 10.0. The first-order chi connectivity index (χ1) is 11.9. The van der Waals surface area contributed by atoms with Gasteiger partial charge in [0.05, 0.1) is 0 Å². The van der Waals surface area contributed by atoms with Crippen LogP contribution in [0.3, 0.4) is 0 Å².